The van der Waals surface area contributed by atoms with Crippen LogP contribution in [0.4, 0.5) is 8.78 Å². The van der Waals surface area contributed by atoms with Gasteiger partial charge in [-0.3, -0.25) is 0 Å². The molecular formula is C18H22F2OSi. The minimum atomic E-state index is -2.89. The van der Waals surface area contributed by atoms with E-state index in [1.54, 1.807) is 24.3 Å². The Kier molecular flexibility index (Phi) is 5.14. The molecule has 0 aromatic heterocycles. The molecule has 2 rings (SSSR count). The molecule has 1 nitrogen and oxygen atoms in total. The Morgan fingerprint density at radius 2 is 1.45 bits per heavy atom. The third-order valence-electron chi connectivity index (χ3n) is 3.84. The van der Waals surface area contributed by atoms with Crippen molar-refractivity contribution >= 4 is 13.5 Å². The summed E-state index contributed by atoms with van der Waals surface area (Å²) >= 11 is 0. The van der Waals surface area contributed by atoms with E-state index in [2.05, 4.69) is 0 Å². The maximum atomic E-state index is 14.4. The topological polar surface area (TPSA) is 9.23 Å². The first-order valence-electron chi connectivity index (χ1n) is 7.53. The fourth-order valence-corrected chi connectivity index (χ4v) is 4.44. The van der Waals surface area contributed by atoms with Crippen LogP contribution < -0.4 is 5.19 Å². The molecule has 1 atom stereocenters. The van der Waals surface area contributed by atoms with E-state index in [4.69, 9.17) is 4.43 Å². The van der Waals surface area contributed by atoms with Crippen molar-refractivity contribution in [2.75, 3.05) is 0 Å². The van der Waals surface area contributed by atoms with Gasteiger partial charge in [-0.15, -0.1) is 0 Å². The molecule has 22 heavy (non-hydrogen) atoms. The number of alkyl halides is 2. The van der Waals surface area contributed by atoms with E-state index in [1.165, 1.54) is 6.92 Å². The van der Waals surface area contributed by atoms with Crippen LogP contribution in [0, 0.1) is 0 Å². The van der Waals surface area contributed by atoms with Gasteiger partial charge in [-0.05, 0) is 23.8 Å². The van der Waals surface area contributed by atoms with Gasteiger partial charge in [0.2, 0.25) is 8.32 Å². The highest BCUT2D eigenvalue weighted by Gasteiger charge is 2.43. The SMILES string of the molecule is CCC(F)(F)C(O[Si](C)(C)c1ccccc1)c1ccccc1. The molecule has 1 unspecified atom stereocenters. The summed E-state index contributed by atoms with van der Waals surface area (Å²) in [6.07, 6.45) is -1.45. The van der Waals surface area contributed by atoms with E-state index in [0.717, 1.165) is 5.19 Å². The molecule has 0 fully saturated rings. The molecule has 0 aliphatic carbocycles. The molecule has 0 N–H and O–H groups in total. The van der Waals surface area contributed by atoms with Crippen molar-refractivity contribution in [2.24, 2.45) is 0 Å². The molecule has 2 aromatic rings. The van der Waals surface area contributed by atoms with Crippen LogP contribution in [-0.2, 0) is 4.43 Å². The second kappa shape index (κ2) is 6.71. The van der Waals surface area contributed by atoms with Crippen LogP contribution in [0.2, 0.25) is 13.1 Å². The average molecular weight is 320 g/mol. The zero-order valence-electron chi connectivity index (χ0n) is 13.2. The van der Waals surface area contributed by atoms with E-state index in [1.807, 2.05) is 49.5 Å². The lowest BCUT2D eigenvalue weighted by atomic mass is 10.0. The second-order valence-electron chi connectivity index (χ2n) is 5.90. The highest BCUT2D eigenvalue weighted by atomic mass is 28.4. The standard InChI is InChI=1S/C18H22F2OSi/c1-4-18(19,20)17(15-11-7-5-8-12-15)21-22(2,3)16-13-9-6-10-14-16/h5-14,17H,4H2,1-3H3. The zero-order chi connectivity index (χ0) is 16.2. The fraction of sp³-hybridized carbons (Fsp3) is 0.333. The first kappa shape index (κ1) is 16.8. The van der Waals surface area contributed by atoms with Crippen LogP contribution >= 0.6 is 0 Å². The highest BCUT2D eigenvalue weighted by Crippen LogP contribution is 2.38. The van der Waals surface area contributed by atoms with Gasteiger partial charge in [0.1, 0.15) is 6.10 Å². The van der Waals surface area contributed by atoms with Crippen LogP contribution in [0.5, 0.6) is 0 Å². The molecule has 0 heterocycles. The fourth-order valence-electron chi connectivity index (χ4n) is 2.41. The molecule has 0 radical (unpaired) electrons. The van der Waals surface area contributed by atoms with Gasteiger partial charge in [0.15, 0.2) is 0 Å². The van der Waals surface area contributed by atoms with Crippen LogP contribution in [0.1, 0.15) is 25.0 Å². The molecule has 0 amide bonds. The maximum absolute atomic E-state index is 14.4. The smallest absolute Gasteiger partial charge is 0.276 e. The van der Waals surface area contributed by atoms with Crippen molar-refractivity contribution in [1.29, 1.82) is 0 Å². The van der Waals surface area contributed by atoms with Crippen molar-refractivity contribution in [1.82, 2.24) is 0 Å². The summed E-state index contributed by atoms with van der Waals surface area (Å²) in [7, 11) is -2.43. The van der Waals surface area contributed by atoms with E-state index >= 15 is 0 Å². The van der Waals surface area contributed by atoms with E-state index in [0.29, 0.717) is 5.56 Å². The Morgan fingerprint density at radius 3 is 1.95 bits per heavy atom. The lowest BCUT2D eigenvalue weighted by Gasteiger charge is -2.34. The first-order chi connectivity index (χ1) is 10.4. The Morgan fingerprint density at radius 1 is 0.955 bits per heavy atom. The third kappa shape index (κ3) is 3.81. The van der Waals surface area contributed by atoms with E-state index in [9.17, 15) is 8.78 Å². The Bertz CT molecular complexity index is 585. The minimum Gasteiger partial charge on any atom is -0.400 e. The van der Waals surface area contributed by atoms with Crippen LogP contribution in [0.15, 0.2) is 60.7 Å². The molecule has 0 saturated carbocycles. The summed E-state index contributed by atoms with van der Waals surface area (Å²) in [5, 5.41) is 1.02. The Labute approximate surface area is 132 Å². The van der Waals surface area contributed by atoms with Gasteiger partial charge in [-0.1, -0.05) is 67.6 Å². The normalized spacial score (nSPS) is 13.9. The Hall–Kier alpha value is -1.52. The van der Waals surface area contributed by atoms with E-state index in [-0.39, 0.29) is 6.42 Å². The summed E-state index contributed by atoms with van der Waals surface area (Å²) in [6, 6.07) is 18.5. The highest BCUT2D eigenvalue weighted by molar-refractivity contribution is 6.84. The predicted octanol–water partition coefficient (Wildman–Crippen LogP) is 4.90. The molecule has 0 bridgehead atoms. The van der Waals surface area contributed by atoms with Gasteiger partial charge < -0.3 is 4.43 Å². The summed E-state index contributed by atoms with van der Waals surface area (Å²) in [5.41, 5.74) is 0.533. The average Bonchev–Trinajstić information content (AvgIpc) is 2.54. The minimum absolute atomic E-state index is 0.244. The third-order valence-corrected chi connectivity index (χ3v) is 6.39. The van der Waals surface area contributed by atoms with Crippen molar-refractivity contribution < 1.29 is 13.2 Å². The lowest BCUT2D eigenvalue weighted by Crippen LogP contribution is -2.48. The summed E-state index contributed by atoms with van der Waals surface area (Å²) in [5.74, 6) is -2.89. The quantitative estimate of drug-likeness (QED) is 0.688. The van der Waals surface area contributed by atoms with Gasteiger partial charge in [0.05, 0.1) is 0 Å². The molecule has 4 heteroatoms. The molecule has 0 aliphatic rings. The molecular weight excluding hydrogens is 298 g/mol. The largest absolute Gasteiger partial charge is 0.400 e. The van der Waals surface area contributed by atoms with Crippen LogP contribution in [0.3, 0.4) is 0 Å². The number of benzene rings is 2. The van der Waals surface area contributed by atoms with E-state index < -0.39 is 20.3 Å². The van der Waals surface area contributed by atoms with Crippen LogP contribution in [-0.4, -0.2) is 14.2 Å². The number of hydrogen-bond donors (Lipinski definition) is 0. The molecule has 118 valence electrons. The summed E-state index contributed by atoms with van der Waals surface area (Å²) in [4.78, 5) is 0. The Balaban J connectivity index is 2.35. The molecule has 0 saturated heterocycles. The van der Waals surface area contributed by atoms with Crippen molar-refractivity contribution in [3.63, 3.8) is 0 Å². The van der Waals surface area contributed by atoms with Crippen LogP contribution in [0.25, 0.3) is 0 Å². The zero-order valence-corrected chi connectivity index (χ0v) is 14.2. The molecule has 0 spiro atoms. The van der Waals surface area contributed by atoms with Crippen molar-refractivity contribution in [3.8, 4) is 0 Å². The summed E-state index contributed by atoms with van der Waals surface area (Å²) in [6.45, 7) is 5.42. The lowest BCUT2D eigenvalue weighted by molar-refractivity contribution is -0.103. The first-order valence-corrected chi connectivity index (χ1v) is 10.4. The maximum Gasteiger partial charge on any atom is 0.276 e. The van der Waals surface area contributed by atoms with Crippen molar-refractivity contribution in [2.45, 2.75) is 38.5 Å². The number of rotatable bonds is 6. The van der Waals surface area contributed by atoms with Gasteiger partial charge >= 0.3 is 0 Å². The number of halogens is 2. The number of hydrogen-bond acceptors (Lipinski definition) is 1. The molecule has 0 aliphatic heterocycles. The van der Waals surface area contributed by atoms with Gasteiger partial charge in [-0.2, -0.15) is 0 Å². The van der Waals surface area contributed by atoms with Gasteiger partial charge in [0.25, 0.3) is 5.92 Å². The van der Waals surface area contributed by atoms with Gasteiger partial charge in [-0.25, -0.2) is 8.78 Å². The predicted molar refractivity (Wildman–Crippen MR) is 89.1 cm³/mol. The second-order valence-corrected chi connectivity index (χ2v) is 9.73. The summed E-state index contributed by atoms with van der Waals surface area (Å²) < 4.78 is 34.9. The monoisotopic (exact) mass is 320 g/mol. The molecule has 2 aromatic carbocycles. The van der Waals surface area contributed by atoms with Gasteiger partial charge in [0, 0.05) is 6.42 Å². The van der Waals surface area contributed by atoms with Crippen molar-refractivity contribution in [3.05, 3.63) is 66.2 Å².